The predicted molar refractivity (Wildman–Crippen MR) is 409 cm³/mol. The topological polar surface area (TPSA) is 45.5 Å². The average molecular weight is 1250 g/mol. The molecule has 21 rings (SSSR count). The molecule has 0 fully saturated rings. The normalized spacial score (nSPS) is 12.1. The van der Waals surface area contributed by atoms with Crippen LogP contribution in [-0.2, 0) is 0 Å². The largest absolute Gasteiger partial charge is 0.309 e. The van der Waals surface area contributed by atoms with E-state index >= 15 is 0 Å². The number of aromatic nitrogens is 6. The molecule has 0 spiro atoms. The molecule has 0 amide bonds. The minimum Gasteiger partial charge on any atom is -0.309 e. The molecule has 0 unspecified atom stereocenters. The molecule has 1 aliphatic carbocycles. The van der Waals surface area contributed by atoms with Crippen LogP contribution in [0.4, 0.5) is 0 Å². The van der Waals surface area contributed by atoms with Crippen LogP contribution in [0.1, 0.15) is 0 Å². The molecule has 0 saturated heterocycles. The van der Waals surface area contributed by atoms with Crippen molar-refractivity contribution in [3.63, 3.8) is 0 Å². The molecule has 0 N–H and O–H groups in total. The van der Waals surface area contributed by atoms with E-state index in [1.165, 1.54) is 109 Å². The third-order valence-electron chi connectivity index (χ3n) is 20.7. The van der Waals surface area contributed by atoms with Crippen molar-refractivity contribution < 1.29 is 0 Å². The zero-order valence-corrected chi connectivity index (χ0v) is 53.0. The van der Waals surface area contributed by atoms with Gasteiger partial charge in [0, 0.05) is 88.1 Å². The van der Waals surface area contributed by atoms with E-state index in [4.69, 9.17) is 9.97 Å². The summed E-state index contributed by atoms with van der Waals surface area (Å²) < 4.78 is 9.71. The number of nitrogens with zero attached hydrogens (tertiary/aromatic N) is 6. The first-order chi connectivity index (χ1) is 48.7. The third kappa shape index (κ3) is 7.85. The van der Waals surface area contributed by atoms with E-state index in [9.17, 15) is 0 Å². The predicted octanol–water partition coefficient (Wildman–Crippen LogP) is 24.0. The summed E-state index contributed by atoms with van der Waals surface area (Å²) in [6.07, 6.45) is 0. The maximum absolute atomic E-state index is 5.86. The fourth-order valence-corrected chi connectivity index (χ4v) is 16.7. The summed E-state index contributed by atoms with van der Waals surface area (Å²) in [5.41, 5.74) is 27.8. The van der Waals surface area contributed by atoms with Gasteiger partial charge in [0.2, 0.25) is 0 Å². The molecule has 6 heteroatoms. The maximum Gasteiger partial charge on any atom is 0.160 e. The van der Waals surface area contributed by atoms with Crippen LogP contribution in [0.3, 0.4) is 0 Å². The van der Waals surface area contributed by atoms with Crippen LogP contribution in [0.5, 0.6) is 0 Å². The lowest BCUT2D eigenvalue weighted by Gasteiger charge is -2.15. The molecule has 1 aliphatic rings. The third-order valence-corrected chi connectivity index (χ3v) is 20.7. The summed E-state index contributed by atoms with van der Waals surface area (Å²) in [5.74, 6) is 0.659. The van der Waals surface area contributed by atoms with Crippen molar-refractivity contribution in [2.24, 2.45) is 0 Å². The number of benzene rings is 15. The van der Waals surface area contributed by atoms with Crippen LogP contribution in [0, 0.1) is 0 Å². The zero-order chi connectivity index (χ0) is 64.1. The summed E-state index contributed by atoms with van der Waals surface area (Å²) in [6, 6.07) is 124. The Labute approximate surface area is 563 Å². The Morgan fingerprint density at radius 1 is 0.184 bits per heavy atom. The molecular formula is C92H56N6. The second kappa shape index (κ2) is 21.2. The summed E-state index contributed by atoms with van der Waals surface area (Å²) in [4.78, 5) is 11.6. The van der Waals surface area contributed by atoms with Crippen LogP contribution >= 0.6 is 0 Å². The van der Waals surface area contributed by atoms with E-state index in [2.05, 4.69) is 358 Å². The molecule has 15 aromatic carbocycles. The van der Waals surface area contributed by atoms with E-state index in [1.54, 1.807) is 0 Å². The Kier molecular flexibility index (Phi) is 11.7. The first-order valence-corrected chi connectivity index (χ1v) is 33.6. The molecule has 454 valence electrons. The van der Waals surface area contributed by atoms with Gasteiger partial charge in [-0.05, 0) is 147 Å². The van der Waals surface area contributed by atoms with Crippen molar-refractivity contribution in [2.45, 2.75) is 0 Å². The van der Waals surface area contributed by atoms with E-state index in [0.29, 0.717) is 5.82 Å². The van der Waals surface area contributed by atoms with E-state index in [1.807, 2.05) is 0 Å². The van der Waals surface area contributed by atoms with Crippen molar-refractivity contribution in [1.82, 2.24) is 28.2 Å². The van der Waals surface area contributed by atoms with Gasteiger partial charge in [0.05, 0.1) is 55.5 Å². The van der Waals surface area contributed by atoms with Gasteiger partial charge in [-0.1, -0.05) is 243 Å². The van der Waals surface area contributed by atoms with Crippen LogP contribution in [0.25, 0.3) is 199 Å². The molecule has 0 saturated carbocycles. The second-order valence-corrected chi connectivity index (χ2v) is 25.9. The van der Waals surface area contributed by atoms with E-state index < -0.39 is 0 Å². The quantitative estimate of drug-likeness (QED) is 0.145. The molecule has 20 aromatic rings. The molecule has 0 radical (unpaired) electrons. The lowest BCUT2D eigenvalue weighted by atomic mass is 9.93. The summed E-state index contributed by atoms with van der Waals surface area (Å²) in [5, 5.41) is 12.1. The molecule has 0 bridgehead atoms. The van der Waals surface area contributed by atoms with Gasteiger partial charge in [0.15, 0.2) is 5.82 Å². The minimum absolute atomic E-state index is 0.659. The maximum atomic E-state index is 5.86. The highest BCUT2D eigenvalue weighted by atomic mass is 15.0. The number of hydrogen-bond acceptors (Lipinski definition) is 2. The smallest absolute Gasteiger partial charge is 0.160 e. The molecule has 98 heavy (non-hydrogen) atoms. The molecular weight excluding hydrogens is 1190 g/mol. The Morgan fingerprint density at radius 3 is 0.969 bits per heavy atom. The monoisotopic (exact) mass is 1240 g/mol. The fourth-order valence-electron chi connectivity index (χ4n) is 16.7. The average Bonchev–Trinajstić information content (AvgIpc) is 1.57. The van der Waals surface area contributed by atoms with Gasteiger partial charge in [-0.15, -0.1) is 0 Å². The highest BCUT2D eigenvalue weighted by Crippen LogP contribution is 2.53. The van der Waals surface area contributed by atoms with Crippen LogP contribution in [0.2, 0.25) is 0 Å². The van der Waals surface area contributed by atoms with E-state index in [-0.39, 0.29) is 0 Å². The summed E-state index contributed by atoms with van der Waals surface area (Å²) in [7, 11) is 0. The van der Waals surface area contributed by atoms with Gasteiger partial charge in [-0.3, -0.25) is 0 Å². The van der Waals surface area contributed by atoms with Gasteiger partial charge >= 0.3 is 0 Å². The highest BCUT2D eigenvalue weighted by Gasteiger charge is 2.31. The van der Waals surface area contributed by atoms with E-state index in [0.717, 1.165) is 84.0 Å². The van der Waals surface area contributed by atoms with Crippen molar-refractivity contribution in [3.8, 4) is 101 Å². The lowest BCUT2D eigenvalue weighted by Crippen LogP contribution is -2.00. The highest BCUT2D eigenvalue weighted by molar-refractivity contribution is 6.25. The van der Waals surface area contributed by atoms with Gasteiger partial charge in [0.25, 0.3) is 0 Å². The zero-order valence-electron chi connectivity index (χ0n) is 53.0. The van der Waals surface area contributed by atoms with Crippen LogP contribution < -0.4 is 0 Å². The van der Waals surface area contributed by atoms with Crippen molar-refractivity contribution in [3.05, 3.63) is 340 Å². The first-order valence-electron chi connectivity index (χ1n) is 33.6. The molecule has 0 aliphatic heterocycles. The van der Waals surface area contributed by atoms with Crippen LogP contribution in [0.15, 0.2) is 340 Å². The summed E-state index contributed by atoms with van der Waals surface area (Å²) in [6.45, 7) is 0. The Balaban J connectivity index is 0.755. The number of rotatable bonds is 9. The van der Waals surface area contributed by atoms with Crippen molar-refractivity contribution >= 4 is 98.0 Å². The lowest BCUT2D eigenvalue weighted by molar-refractivity contribution is 1.16. The Morgan fingerprint density at radius 2 is 0.500 bits per heavy atom. The van der Waals surface area contributed by atoms with Gasteiger partial charge in [-0.2, -0.15) is 0 Å². The number of hydrogen-bond donors (Lipinski definition) is 0. The van der Waals surface area contributed by atoms with Crippen LogP contribution in [-0.4, -0.2) is 28.2 Å². The number of fused-ring (bicyclic) bond motifs is 15. The fraction of sp³-hybridized carbons (Fsp3) is 0. The minimum atomic E-state index is 0.659. The first kappa shape index (κ1) is 54.3. The molecule has 5 heterocycles. The van der Waals surface area contributed by atoms with Crippen molar-refractivity contribution in [2.75, 3.05) is 0 Å². The number of para-hydroxylation sites is 6. The van der Waals surface area contributed by atoms with Gasteiger partial charge in [0.1, 0.15) is 0 Å². The Hall–Kier alpha value is -13.2. The van der Waals surface area contributed by atoms with Crippen molar-refractivity contribution in [1.29, 1.82) is 0 Å². The molecule has 5 aromatic heterocycles. The summed E-state index contributed by atoms with van der Waals surface area (Å²) >= 11 is 0. The Bertz CT molecular complexity index is 6720. The SMILES string of the molecule is c1ccc(-c2ccc3c4c(cccc24)-c2nc(-c4cccc(-n5c6ccccc6c6c(-c7cccc8c7c7ccccc7n8-c7ccccc7)cccc65)c4)nc(-c4cccc(-n5c6ccccc6c6c(-c7cccc8c7c7ccccc7n8-c7ccccc7)cccc65)c4)c2-3)cc1. The molecule has 0 atom stereocenters. The van der Waals surface area contributed by atoms with Gasteiger partial charge < -0.3 is 18.3 Å². The molecule has 6 nitrogen and oxygen atoms in total. The second-order valence-electron chi connectivity index (χ2n) is 25.9. The standard InChI is InChI=1S/C92H56N6/c1-4-25-57(26-5-1)64-53-54-74-84-65(64)39-20-44-75(84)91-89(74)90(58-27-18-33-62(55-58)97-78-47-16-12-37-72(78)87-68(42-23-51-82(87)97)66-40-21-49-80-85(66)70-35-10-14-45-76(70)95(80)60-29-6-2-7-30-60)93-92(94-91)59-28-19-34-63(56-59)98-79-48-17-13-38-73(79)88-69(43-24-52-83(88)98)67-41-22-50-81-86(67)71-36-11-15-46-77(71)96(81)61-31-8-3-9-32-61/h1-56H. The van der Waals surface area contributed by atoms with Gasteiger partial charge in [-0.25, -0.2) is 9.97 Å².